The molecule has 2 aliphatic rings. The highest BCUT2D eigenvalue weighted by atomic mass is 32.1. The first-order valence-electron chi connectivity index (χ1n) is 12.5. The summed E-state index contributed by atoms with van der Waals surface area (Å²) in [6, 6.07) is 15.3. The van der Waals surface area contributed by atoms with E-state index in [0.717, 1.165) is 29.0 Å². The number of hydrazone groups is 1. The largest absolute Gasteiger partial charge is 0.493 e. The van der Waals surface area contributed by atoms with E-state index in [1.807, 2.05) is 29.6 Å². The van der Waals surface area contributed by atoms with E-state index >= 15 is 0 Å². The topological polar surface area (TPSA) is 77.4 Å². The van der Waals surface area contributed by atoms with Crippen LogP contribution in [0.15, 0.2) is 65.1 Å². The summed E-state index contributed by atoms with van der Waals surface area (Å²) in [6.45, 7) is -0.486. The van der Waals surface area contributed by atoms with Crippen molar-refractivity contribution < 1.29 is 28.2 Å². The van der Waals surface area contributed by atoms with Gasteiger partial charge in [-0.05, 0) is 48.1 Å². The fourth-order valence-electron chi connectivity index (χ4n) is 5.39. The van der Waals surface area contributed by atoms with Crippen LogP contribution in [0.5, 0.6) is 11.5 Å². The molecular weight excluding hydrogens is 507 g/mol. The predicted molar refractivity (Wildman–Crippen MR) is 142 cm³/mol. The number of amides is 1. The number of ether oxygens (including phenoxy) is 3. The summed E-state index contributed by atoms with van der Waals surface area (Å²) in [6.07, 6.45) is 3.05. The molecule has 0 N–H and O–H groups in total. The molecule has 1 aliphatic heterocycles. The highest BCUT2D eigenvalue weighted by Gasteiger charge is 2.46. The zero-order chi connectivity index (χ0) is 26.7. The van der Waals surface area contributed by atoms with Crippen molar-refractivity contribution >= 4 is 28.9 Å². The quantitative estimate of drug-likeness (QED) is 0.349. The van der Waals surface area contributed by atoms with Crippen molar-refractivity contribution in [1.29, 1.82) is 0 Å². The lowest BCUT2D eigenvalue weighted by Gasteiger charge is -2.28. The van der Waals surface area contributed by atoms with Gasteiger partial charge in [0.1, 0.15) is 5.82 Å². The molecule has 0 saturated heterocycles. The summed E-state index contributed by atoms with van der Waals surface area (Å²) >= 11 is 1.54. The number of thiophene rings is 1. The molecule has 1 saturated carbocycles. The number of methoxy groups -OCH3 is 2. The molecule has 2 heterocycles. The number of esters is 1. The van der Waals surface area contributed by atoms with Gasteiger partial charge in [0.25, 0.3) is 5.91 Å². The summed E-state index contributed by atoms with van der Waals surface area (Å²) in [5.74, 6) is -0.336. The predicted octanol–water partition coefficient (Wildman–Crippen LogP) is 5.64. The molecule has 0 bridgehead atoms. The maximum absolute atomic E-state index is 14.7. The van der Waals surface area contributed by atoms with Gasteiger partial charge in [0.2, 0.25) is 0 Å². The van der Waals surface area contributed by atoms with Crippen LogP contribution >= 0.6 is 11.3 Å². The van der Waals surface area contributed by atoms with Crippen molar-refractivity contribution in [2.75, 3.05) is 20.8 Å². The molecule has 9 heteroatoms. The summed E-state index contributed by atoms with van der Waals surface area (Å²) < 4.78 is 31.1. The zero-order valence-electron chi connectivity index (χ0n) is 21.3. The van der Waals surface area contributed by atoms with Crippen LogP contribution in [-0.2, 0) is 19.7 Å². The van der Waals surface area contributed by atoms with Crippen LogP contribution in [0.2, 0.25) is 0 Å². The van der Waals surface area contributed by atoms with E-state index in [4.69, 9.17) is 14.2 Å². The van der Waals surface area contributed by atoms with Gasteiger partial charge >= 0.3 is 5.97 Å². The smallest absolute Gasteiger partial charge is 0.317 e. The van der Waals surface area contributed by atoms with Crippen LogP contribution in [0.25, 0.3) is 0 Å². The van der Waals surface area contributed by atoms with Gasteiger partial charge in [-0.15, -0.1) is 11.3 Å². The molecule has 0 spiro atoms. The Kier molecular flexibility index (Phi) is 7.46. The Labute approximate surface area is 224 Å². The SMILES string of the molecule is COc1ccc(C2CC(c3cccs3)=NN2C(=O)COC(=O)C2(c3ccccc3F)CCCC2)cc1OC. The maximum atomic E-state index is 14.7. The van der Waals surface area contributed by atoms with Crippen LogP contribution in [0.3, 0.4) is 0 Å². The van der Waals surface area contributed by atoms with E-state index in [0.29, 0.717) is 36.3 Å². The van der Waals surface area contributed by atoms with Crippen molar-refractivity contribution in [3.05, 3.63) is 81.8 Å². The number of halogens is 1. The van der Waals surface area contributed by atoms with E-state index in [2.05, 4.69) is 5.10 Å². The standard InChI is InChI=1S/C29H29FN2O5S/c1-35-24-12-11-19(16-25(24)36-2)23-17-22(26-10-7-15-38-26)31-32(23)27(33)18-37-28(34)29(13-5-6-14-29)20-8-3-4-9-21(20)30/h3-4,7-12,15-16,23H,5-6,13-14,17-18H2,1-2H3. The molecule has 5 rings (SSSR count). The van der Waals surface area contributed by atoms with Gasteiger partial charge in [-0.1, -0.05) is 43.2 Å². The first-order chi connectivity index (χ1) is 18.5. The van der Waals surface area contributed by atoms with Crippen molar-refractivity contribution in [3.63, 3.8) is 0 Å². The molecule has 3 aromatic rings. The Morgan fingerprint density at radius 1 is 1.05 bits per heavy atom. The second-order valence-corrected chi connectivity index (χ2v) is 10.4. The summed E-state index contributed by atoms with van der Waals surface area (Å²) in [5, 5.41) is 7.98. The number of carbonyl (C=O) groups excluding carboxylic acids is 2. The van der Waals surface area contributed by atoms with E-state index in [-0.39, 0.29) is 0 Å². The van der Waals surface area contributed by atoms with Crippen molar-refractivity contribution in [2.24, 2.45) is 5.10 Å². The fraction of sp³-hybridized carbons (Fsp3) is 0.345. The lowest BCUT2D eigenvalue weighted by atomic mass is 9.78. The van der Waals surface area contributed by atoms with E-state index in [1.54, 1.807) is 49.8 Å². The van der Waals surface area contributed by atoms with Gasteiger partial charge in [-0.3, -0.25) is 9.59 Å². The van der Waals surface area contributed by atoms with E-state index in [9.17, 15) is 14.0 Å². The summed E-state index contributed by atoms with van der Waals surface area (Å²) in [5.41, 5.74) is 0.844. The van der Waals surface area contributed by atoms with Gasteiger partial charge in [0, 0.05) is 12.0 Å². The minimum Gasteiger partial charge on any atom is -0.493 e. The van der Waals surface area contributed by atoms with E-state index < -0.39 is 35.8 Å². The average molecular weight is 537 g/mol. The van der Waals surface area contributed by atoms with Crippen molar-refractivity contribution in [2.45, 2.75) is 43.6 Å². The molecule has 2 aromatic carbocycles. The first kappa shape index (κ1) is 25.9. The van der Waals surface area contributed by atoms with Gasteiger partial charge < -0.3 is 14.2 Å². The maximum Gasteiger partial charge on any atom is 0.317 e. The van der Waals surface area contributed by atoms with Gasteiger partial charge in [-0.2, -0.15) is 5.10 Å². The highest BCUT2D eigenvalue weighted by Crippen LogP contribution is 2.43. The molecule has 1 unspecified atom stereocenters. The Balaban J connectivity index is 1.39. The third-order valence-corrected chi connectivity index (χ3v) is 8.25. The van der Waals surface area contributed by atoms with Crippen LogP contribution in [0.1, 0.15) is 54.1 Å². The van der Waals surface area contributed by atoms with Gasteiger partial charge in [0.15, 0.2) is 18.1 Å². The second-order valence-electron chi connectivity index (χ2n) is 9.44. The minimum atomic E-state index is -1.08. The molecule has 7 nitrogen and oxygen atoms in total. The third-order valence-electron chi connectivity index (χ3n) is 7.33. The Hall–Kier alpha value is -3.72. The van der Waals surface area contributed by atoms with E-state index in [1.165, 1.54) is 11.1 Å². The van der Waals surface area contributed by atoms with Crippen LogP contribution in [0.4, 0.5) is 4.39 Å². The number of carbonyl (C=O) groups is 2. The Morgan fingerprint density at radius 2 is 1.82 bits per heavy atom. The lowest BCUT2D eigenvalue weighted by Crippen LogP contribution is -2.38. The Morgan fingerprint density at radius 3 is 2.50 bits per heavy atom. The van der Waals surface area contributed by atoms with Crippen LogP contribution in [0, 0.1) is 5.82 Å². The fourth-order valence-corrected chi connectivity index (χ4v) is 6.12. The number of hydrogen-bond donors (Lipinski definition) is 0. The minimum absolute atomic E-state index is 0.331. The van der Waals surface area contributed by atoms with Crippen molar-refractivity contribution in [3.8, 4) is 11.5 Å². The second kappa shape index (κ2) is 10.9. The molecular formula is C29H29FN2O5S. The first-order valence-corrected chi connectivity index (χ1v) is 13.4. The highest BCUT2D eigenvalue weighted by molar-refractivity contribution is 7.12. The average Bonchev–Trinajstić information content (AvgIpc) is 3.72. The summed E-state index contributed by atoms with van der Waals surface area (Å²) in [7, 11) is 3.12. The molecule has 1 aliphatic carbocycles. The van der Waals surface area contributed by atoms with Gasteiger partial charge in [0.05, 0.1) is 36.3 Å². The molecule has 1 atom stereocenters. The molecule has 1 fully saturated rings. The number of hydrogen-bond acceptors (Lipinski definition) is 7. The normalized spacial score (nSPS) is 18.2. The number of rotatable bonds is 8. The zero-order valence-corrected chi connectivity index (χ0v) is 22.1. The van der Waals surface area contributed by atoms with Crippen molar-refractivity contribution in [1.82, 2.24) is 5.01 Å². The summed E-state index contributed by atoms with van der Waals surface area (Å²) in [4.78, 5) is 27.8. The number of nitrogens with zero attached hydrogens (tertiary/aromatic N) is 2. The van der Waals surface area contributed by atoms with Crippen LogP contribution in [-0.4, -0.2) is 43.4 Å². The van der Waals surface area contributed by atoms with Gasteiger partial charge in [-0.25, -0.2) is 9.40 Å². The molecule has 0 radical (unpaired) electrons. The Bertz CT molecular complexity index is 1350. The third kappa shape index (κ3) is 4.78. The number of benzene rings is 2. The molecule has 1 amide bonds. The molecule has 38 heavy (non-hydrogen) atoms. The van der Waals surface area contributed by atoms with Crippen LogP contribution < -0.4 is 9.47 Å². The monoisotopic (exact) mass is 536 g/mol. The lowest BCUT2D eigenvalue weighted by molar-refractivity contribution is -0.157. The molecule has 198 valence electrons. The molecule has 1 aromatic heterocycles.